The van der Waals surface area contributed by atoms with Crippen LogP contribution in [0.1, 0.15) is 24.5 Å². The Hall–Kier alpha value is -1.26. The van der Waals surface area contributed by atoms with E-state index in [1.807, 2.05) is 36.4 Å². The Balaban J connectivity index is 1.57. The van der Waals surface area contributed by atoms with Gasteiger partial charge in [0, 0.05) is 4.47 Å². The van der Waals surface area contributed by atoms with Crippen molar-refractivity contribution in [2.45, 2.75) is 25.7 Å². The molecule has 6 nitrogen and oxygen atoms in total. The molecule has 1 aliphatic heterocycles. The van der Waals surface area contributed by atoms with E-state index in [4.69, 9.17) is 14.2 Å². The number of carbonyl (C=O) groups is 1. The van der Waals surface area contributed by atoms with Gasteiger partial charge in [-0.2, -0.15) is 5.10 Å². The molecular formula is C20H19Br3N2O4. The highest BCUT2D eigenvalue weighted by Gasteiger charge is 2.33. The quantitative estimate of drug-likeness (QED) is 0.357. The number of nitrogens with one attached hydrogen (secondary N) is 1. The Bertz CT molecular complexity index is 874. The lowest BCUT2D eigenvalue weighted by Crippen LogP contribution is -2.33. The molecule has 154 valence electrons. The third-order valence-electron chi connectivity index (χ3n) is 4.10. The van der Waals surface area contributed by atoms with Gasteiger partial charge in [-0.1, -0.05) is 28.1 Å². The van der Waals surface area contributed by atoms with Gasteiger partial charge in [-0.3, -0.25) is 4.79 Å². The Labute approximate surface area is 194 Å². The van der Waals surface area contributed by atoms with Crippen LogP contribution in [-0.4, -0.2) is 31.1 Å². The van der Waals surface area contributed by atoms with Crippen molar-refractivity contribution < 1.29 is 19.0 Å². The summed E-state index contributed by atoms with van der Waals surface area (Å²) in [5.74, 6) is -0.463. The molecule has 1 amide bonds. The fourth-order valence-corrected chi connectivity index (χ4v) is 4.41. The number of hydrogen-bond acceptors (Lipinski definition) is 5. The number of nitrogens with zero attached hydrogens (tertiary/aromatic N) is 1. The Kier molecular flexibility index (Phi) is 7.86. The van der Waals surface area contributed by atoms with E-state index in [2.05, 4.69) is 58.3 Å². The van der Waals surface area contributed by atoms with Gasteiger partial charge in [-0.25, -0.2) is 5.43 Å². The van der Waals surface area contributed by atoms with Crippen LogP contribution in [0.2, 0.25) is 0 Å². The van der Waals surface area contributed by atoms with Crippen molar-refractivity contribution in [1.29, 1.82) is 0 Å². The maximum Gasteiger partial charge on any atom is 0.245 e. The second-order valence-corrected chi connectivity index (χ2v) is 9.15. The third-order valence-corrected chi connectivity index (χ3v) is 5.81. The van der Waals surface area contributed by atoms with Crippen molar-refractivity contribution in [2.75, 3.05) is 13.2 Å². The van der Waals surface area contributed by atoms with E-state index in [1.54, 1.807) is 13.1 Å². The molecule has 0 radical (unpaired) electrons. The molecule has 0 unspecified atom stereocenters. The standard InChI is InChI=1S/C20H19Br3N2O4/c1-20(28-6-7-29-20)10-18(26)25-24-11-14-8-16(22)19(17(23)9-14)27-12-13-2-4-15(21)5-3-13/h2-5,8-9,11H,6-7,10,12H2,1H3,(H,25,26)/b24-11-. The normalized spacial score (nSPS) is 15.6. The van der Waals surface area contributed by atoms with Crippen LogP contribution in [0.3, 0.4) is 0 Å². The first kappa shape index (κ1) is 22.4. The van der Waals surface area contributed by atoms with Gasteiger partial charge in [0.15, 0.2) is 5.79 Å². The molecule has 1 aliphatic rings. The topological polar surface area (TPSA) is 69.2 Å². The fourth-order valence-electron chi connectivity index (χ4n) is 2.70. The van der Waals surface area contributed by atoms with E-state index in [1.165, 1.54) is 0 Å². The molecular weight excluding hydrogens is 572 g/mol. The highest BCUT2D eigenvalue weighted by molar-refractivity contribution is 9.11. The minimum Gasteiger partial charge on any atom is -0.487 e. The van der Waals surface area contributed by atoms with Crippen LogP contribution in [0.4, 0.5) is 0 Å². The summed E-state index contributed by atoms with van der Waals surface area (Å²) in [6, 6.07) is 11.7. The molecule has 0 saturated carbocycles. The highest BCUT2D eigenvalue weighted by atomic mass is 79.9. The fraction of sp³-hybridized carbons (Fsp3) is 0.300. The largest absolute Gasteiger partial charge is 0.487 e. The molecule has 0 bridgehead atoms. The van der Waals surface area contributed by atoms with E-state index in [0.29, 0.717) is 25.6 Å². The first-order valence-electron chi connectivity index (χ1n) is 8.81. The van der Waals surface area contributed by atoms with Gasteiger partial charge < -0.3 is 14.2 Å². The molecule has 0 spiro atoms. The third kappa shape index (κ3) is 6.62. The van der Waals surface area contributed by atoms with E-state index < -0.39 is 5.79 Å². The highest BCUT2D eigenvalue weighted by Crippen LogP contribution is 2.35. The molecule has 0 aromatic heterocycles. The van der Waals surface area contributed by atoms with Crippen LogP contribution in [0.25, 0.3) is 0 Å². The van der Waals surface area contributed by atoms with Gasteiger partial charge >= 0.3 is 0 Å². The first-order valence-corrected chi connectivity index (χ1v) is 11.2. The monoisotopic (exact) mass is 588 g/mol. The molecule has 0 aliphatic carbocycles. The molecule has 3 rings (SSSR count). The summed E-state index contributed by atoms with van der Waals surface area (Å²) in [5, 5.41) is 4.01. The average molecular weight is 591 g/mol. The summed E-state index contributed by atoms with van der Waals surface area (Å²) >= 11 is 10.5. The van der Waals surface area contributed by atoms with Gasteiger partial charge in [0.2, 0.25) is 5.91 Å². The van der Waals surface area contributed by atoms with Crippen molar-refractivity contribution >= 4 is 59.9 Å². The SMILES string of the molecule is CC1(CC(=O)N/N=C\c2cc(Br)c(OCc3ccc(Br)cc3)c(Br)c2)OCCO1. The van der Waals surface area contributed by atoms with Crippen LogP contribution < -0.4 is 10.2 Å². The number of benzene rings is 2. The van der Waals surface area contributed by atoms with Gasteiger partial charge in [-0.05, 0) is 74.2 Å². The molecule has 1 N–H and O–H groups in total. The van der Waals surface area contributed by atoms with E-state index in [9.17, 15) is 4.79 Å². The van der Waals surface area contributed by atoms with Crippen LogP contribution in [0, 0.1) is 0 Å². The Morgan fingerprint density at radius 2 is 1.79 bits per heavy atom. The summed E-state index contributed by atoms with van der Waals surface area (Å²) < 4.78 is 19.3. The van der Waals surface area contributed by atoms with Gasteiger partial charge in [0.1, 0.15) is 12.4 Å². The minimum absolute atomic E-state index is 0.0839. The lowest BCUT2D eigenvalue weighted by Gasteiger charge is -2.20. The predicted molar refractivity (Wildman–Crippen MR) is 121 cm³/mol. The summed E-state index contributed by atoms with van der Waals surface area (Å²) in [6.07, 6.45) is 1.64. The summed E-state index contributed by atoms with van der Waals surface area (Å²) in [5.41, 5.74) is 4.34. The van der Waals surface area contributed by atoms with Crippen molar-refractivity contribution in [3.05, 3.63) is 60.9 Å². The average Bonchev–Trinajstić information content (AvgIpc) is 3.08. The van der Waals surface area contributed by atoms with Crippen molar-refractivity contribution in [3.8, 4) is 5.75 Å². The number of hydrazone groups is 1. The number of amides is 1. The van der Waals surface area contributed by atoms with Crippen molar-refractivity contribution in [2.24, 2.45) is 5.10 Å². The molecule has 2 aromatic rings. The molecule has 0 atom stereocenters. The zero-order chi connectivity index (χ0) is 20.9. The predicted octanol–water partition coefficient (Wildman–Crippen LogP) is 5.16. The number of ether oxygens (including phenoxy) is 3. The second-order valence-electron chi connectivity index (χ2n) is 6.53. The van der Waals surface area contributed by atoms with Crippen molar-refractivity contribution in [3.63, 3.8) is 0 Å². The zero-order valence-electron chi connectivity index (χ0n) is 15.6. The van der Waals surface area contributed by atoms with Crippen LogP contribution >= 0.6 is 47.8 Å². The molecule has 9 heteroatoms. The van der Waals surface area contributed by atoms with Crippen LogP contribution in [0.15, 0.2) is 54.9 Å². The van der Waals surface area contributed by atoms with Gasteiger partial charge in [0.25, 0.3) is 0 Å². The summed E-state index contributed by atoms with van der Waals surface area (Å²) in [6.45, 7) is 3.16. The van der Waals surface area contributed by atoms with E-state index in [-0.39, 0.29) is 12.3 Å². The number of halogens is 3. The maximum absolute atomic E-state index is 12.0. The van der Waals surface area contributed by atoms with Crippen LogP contribution in [-0.2, 0) is 20.9 Å². The smallest absolute Gasteiger partial charge is 0.245 e. The zero-order valence-corrected chi connectivity index (χ0v) is 20.3. The first-order chi connectivity index (χ1) is 13.8. The summed E-state index contributed by atoms with van der Waals surface area (Å²) in [4.78, 5) is 12.0. The van der Waals surface area contributed by atoms with Crippen molar-refractivity contribution in [1.82, 2.24) is 5.43 Å². The van der Waals surface area contributed by atoms with E-state index in [0.717, 1.165) is 24.5 Å². The molecule has 2 aromatic carbocycles. The molecule has 1 saturated heterocycles. The van der Waals surface area contributed by atoms with Gasteiger partial charge in [-0.15, -0.1) is 0 Å². The number of hydrogen-bond donors (Lipinski definition) is 1. The Morgan fingerprint density at radius 3 is 2.41 bits per heavy atom. The number of carbonyl (C=O) groups excluding carboxylic acids is 1. The maximum atomic E-state index is 12.0. The summed E-state index contributed by atoms with van der Waals surface area (Å²) in [7, 11) is 0. The Morgan fingerprint density at radius 1 is 1.17 bits per heavy atom. The lowest BCUT2D eigenvalue weighted by atomic mass is 10.2. The number of rotatable bonds is 7. The minimum atomic E-state index is -0.876. The second kappa shape index (κ2) is 10.2. The van der Waals surface area contributed by atoms with Gasteiger partial charge in [0.05, 0.1) is 34.8 Å². The van der Waals surface area contributed by atoms with Crippen LogP contribution in [0.5, 0.6) is 5.75 Å². The molecule has 29 heavy (non-hydrogen) atoms. The lowest BCUT2D eigenvalue weighted by molar-refractivity contribution is -0.159. The molecule has 1 fully saturated rings. The van der Waals surface area contributed by atoms with E-state index >= 15 is 0 Å². The molecule has 1 heterocycles.